The lowest BCUT2D eigenvalue weighted by molar-refractivity contribution is -0.384. The third-order valence-corrected chi connectivity index (χ3v) is 2.80. The van der Waals surface area contributed by atoms with Crippen LogP contribution in [0.1, 0.15) is 32.4 Å². The van der Waals surface area contributed by atoms with Crippen LogP contribution in [0.25, 0.3) is 0 Å². The second-order valence-corrected chi connectivity index (χ2v) is 4.70. The molecule has 3 N–H and O–H groups in total. The molecule has 1 amide bonds. The fourth-order valence-corrected chi connectivity index (χ4v) is 1.58. The molecule has 1 atom stereocenters. The molecule has 0 aliphatic carbocycles. The topological polar surface area (TPSA) is 98.3 Å². The zero-order valence-electron chi connectivity index (χ0n) is 10.6. The number of hydrogen-bond acceptors (Lipinski definition) is 4. The molecule has 0 saturated heterocycles. The number of nitrogens with one attached hydrogen (secondary N) is 1. The average molecular weight is 251 g/mol. The van der Waals surface area contributed by atoms with Crippen molar-refractivity contribution in [2.24, 2.45) is 5.73 Å². The van der Waals surface area contributed by atoms with Gasteiger partial charge in [-0.05, 0) is 26.3 Å². The molecule has 6 nitrogen and oxygen atoms in total. The average Bonchev–Trinajstić information content (AvgIpc) is 2.28. The Hall–Kier alpha value is -1.95. The van der Waals surface area contributed by atoms with E-state index in [-0.39, 0.29) is 11.7 Å². The minimum Gasteiger partial charge on any atom is -0.368 e. The summed E-state index contributed by atoms with van der Waals surface area (Å²) in [5.41, 5.74) is 5.34. The van der Waals surface area contributed by atoms with Gasteiger partial charge >= 0.3 is 0 Å². The van der Waals surface area contributed by atoms with E-state index in [1.54, 1.807) is 26.0 Å². The molecular weight excluding hydrogens is 234 g/mol. The van der Waals surface area contributed by atoms with Crippen molar-refractivity contribution >= 4 is 11.6 Å². The molecule has 0 spiro atoms. The van der Waals surface area contributed by atoms with E-state index in [4.69, 9.17) is 5.73 Å². The Morgan fingerprint density at radius 1 is 1.39 bits per heavy atom. The van der Waals surface area contributed by atoms with Crippen molar-refractivity contribution in [3.05, 3.63) is 39.9 Å². The maximum Gasteiger partial charge on any atom is 0.269 e. The van der Waals surface area contributed by atoms with Gasteiger partial charge in [-0.25, -0.2) is 0 Å². The summed E-state index contributed by atoms with van der Waals surface area (Å²) in [4.78, 5) is 21.3. The van der Waals surface area contributed by atoms with E-state index in [0.29, 0.717) is 0 Å². The Bertz CT molecular complexity index is 454. The van der Waals surface area contributed by atoms with Crippen molar-refractivity contribution in [3.8, 4) is 0 Å². The number of carbonyl (C=O) groups is 1. The lowest BCUT2D eigenvalue weighted by atomic mass is 10.0. The number of carbonyl (C=O) groups excluding carboxylic acids is 1. The van der Waals surface area contributed by atoms with Crippen LogP contribution in [0, 0.1) is 10.1 Å². The molecule has 1 aromatic rings. The van der Waals surface area contributed by atoms with E-state index < -0.39 is 16.4 Å². The van der Waals surface area contributed by atoms with Crippen LogP contribution in [0.5, 0.6) is 0 Å². The van der Waals surface area contributed by atoms with Crippen molar-refractivity contribution in [3.63, 3.8) is 0 Å². The highest BCUT2D eigenvalue weighted by molar-refractivity contribution is 5.83. The van der Waals surface area contributed by atoms with Crippen molar-refractivity contribution in [1.29, 1.82) is 0 Å². The van der Waals surface area contributed by atoms with Crippen molar-refractivity contribution in [2.45, 2.75) is 32.4 Å². The number of non-ortho nitro benzene ring substituents is 1. The number of hydrogen-bond donors (Lipinski definition) is 2. The lowest BCUT2D eigenvalue weighted by Crippen LogP contribution is -2.51. The molecule has 18 heavy (non-hydrogen) atoms. The van der Waals surface area contributed by atoms with Gasteiger partial charge in [-0.3, -0.25) is 20.2 Å². The van der Waals surface area contributed by atoms with Gasteiger partial charge in [0.1, 0.15) is 0 Å². The fourth-order valence-electron chi connectivity index (χ4n) is 1.58. The highest BCUT2D eigenvalue weighted by atomic mass is 16.6. The molecule has 98 valence electrons. The molecule has 1 aromatic carbocycles. The summed E-state index contributed by atoms with van der Waals surface area (Å²) in [6, 6.07) is 6.06. The Kier molecular flexibility index (Phi) is 4.03. The normalized spacial score (nSPS) is 13.1. The summed E-state index contributed by atoms with van der Waals surface area (Å²) >= 11 is 0. The number of nitrogens with two attached hydrogens (primary N) is 1. The zero-order chi connectivity index (χ0) is 13.9. The Morgan fingerprint density at radius 2 is 1.89 bits per heavy atom. The first-order valence-corrected chi connectivity index (χ1v) is 5.56. The standard InChI is InChI=1S/C12H17N3O3/c1-8(14-12(2,3)11(13)16)9-4-6-10(7-5-9)15(17)18/h4-8,14H,1-3H3,(H2,13,16). The molecule has 0 radical (unpaired) electrons. The summed E-state index contributed by atoms with van der Waals surface area (Å²) in [5, 5.41) is 13.6. The number of benzene rings is 1. The van der Waals surface area contributed by atoms with Crippen LogP contribution in [0.3, 0.4) is 0 Å². The smallest absolute Gasteiger partial charge is 0.269 e. The summed E-state index contributed by atoms with van der Waals surface area (Å²) in [6.07, 6.45) is 0. The number of nitro benzene ring substituents is 1. The monoisotopic (exact) mass is 251 g/mol. The third-order valence-electron chi connectivity index (χ3n) is 2.80. The first-order valence-electron chi connectivity index (χ1n) is 5.56. The highest BCUT2D eigenvalue weighted by Gasteiger charge is 2.26. The molecule has 0 heterocycles. The van der Waals surface area contributed by atoms with Gasteiger partial charge in [0, 0.05) is 18.2 Å². The molecule has 6 heteroatoms. The van der Waals surface area contributed by atoms with Crippen LogP contribution in [0.15, 0.2) is 24.3 Å². The van der Waals surface area contributed by atoms with Gasteiger partial charge in [0.2, 0.25) is 5.91 Å². The number of nitrogens with zero attached hydrogens (tertiary/aromatic N) is 1. The molecule has 0 aliphatic heterocycles. The summed E-state index contributed by atoms with van der Waals surface area (Å²) in [6.45, 7) is 5.25. The molecule has 0 saturated carbocycles. The van der Waals surface area contributed by atoms with Crippen molar-refractivity contribution < 1.29 is 9.72 Å². The van der Waals surface area contributed by atoms with Crippen LogP contribution in [-0.2, 0) is 4.79 Å². The van der Waals surface area contributed by atoms with E-state index in [9.17, 15) is 14.9 Å². The molecule has 0 aromatic heterocycles. The maximum atomic E-state index is 11.2. The predicted molar refractivity (Wildman–Crippen MR) is 67.9 cm³/mol. The van der Waals surface area contributed by atoms with Gasteiger partial charge in [0.05, 0.1) is 10.5 Å². The van der Waals surface area contributed by atoms with E-state index in [1.807, 2.05) is 6.92 Å². The van der Waals surface area contributed by atoms with E-state index in [2.05, 4.69) is 5.32 Å². The highest BCUT2D eigenvalue weighted by Crippen LogP contribution is 2.19. The quantitative estimate of drug-likeness (QED) is 0.612. The van der Waals surface area contributed by atoms with Crippen LogP contribution < -0.4 is 11.1 Å². The molecule has 0 aliphatic rings. The third kappa shape index (κ3) is 3.27. The first kappa shape index (κ1) is 14.1. The first-order chi connectivity index (χ1) is 8.24. The molecule has 1 rings (SSSR count). The number of amides is 1. The fraction of sp³-hybridized carbons (Fsp3) is 0.417. The second-order valence-electron chi connectivity index (χ2n) is 4.70. The largest absolute Gasteiger partial charge is 0.368 e. The van der Waals surface area contributed by atoms with E-state index >= 15 is 0 Å². The summed E-state index contributed by atoms with van der Waals surface area (Å²) in [5.74, 6) is -0.448. The summed E-state index contributed by atoms with van der Waals surface area (Å²) in [7, 11) is 0. The lowest BCUT2D eigenvalue weighted by Gasteiger charge is -2.27. The SMILES string of the molecule is CC(NC(C)(C)C(N)=O)c1ccc([N+](=O)[O-])cc1. The van der Waals surface area contributed by atoms with Crippen LogP contribution in [0.4, 0.5) is 5.69 Å². The van der Waals surface area contributed by atoms with Crippen LogP contribution in [0.2, 0.25) is 0 Å². The second kappa shape index (κ2) is 5.14. The van der Waals surface area contributed by atoms with Gasteiger partial charge in [0.15, 0.2) is 0 Å². The van der Waals surface area contributed by atoms with Crippen LogP contribution >= 0.6 is 0 Å². The number of primary amides is 1. The van der Waals surface area contributed by atoms with Gasteiger partial charge in [-0.2, -0.15) is 0 Å². The molecular formula is C12H17N3O3. The molecule has 0 fully saturated rings. The van der Waals surface area contributed by atoms with Gasteiger partial charge in [0.25, 0.3) is 5.69 Å². The van der Waals surface area contributed by atoms with E-state index in [0.717, 1.165) is 5.56 Å². The van der Waals surface area contributed by atoms with Gasteiger partial charge in [-0.15, -0.1) is 0 Å². The zero-order valence-corrected chi connectivity index (χ0v) is 10.6. The van der Waals surface area contributed by atoms with Crippen molar-refractivity contribution in [2.75, 3.05) is 0 Å². The summed E-state index contributed by atoms with van der Waals surface area (Å²) < 4.78 is 0. The van der Waals surface area contributed by atoms with Crippen molar-refractivity contribution in [1.82, 2.24) is 5.32 Å². The minimum absolute atomic E-state index is 0.0418. The number of rotatable bonds is 5. The van der Waals surface area contributed by atoms with Gasteiger partial charge < -0.3 is 5.73 Å². The minimum atomic E-state index is -0.832. The number of nitro groups is 1. The maximum absolute atomic E-state index is 11.2. The Labute approximate surface area is 105 Å². The Balaban J connectivity index is 2.82. The van der Waals surface area contributed by atoms with Crippen LogP contribution in [-0.4, -0.2) is 16.4 Å². The molecule has 0 bridgehead atoms. The molecule has 1 unspecified atom stereocenters. The Morgan fingerprint density at radius 3 is 2.28 bits per heavy atom. The van der Waals surface area contributed by atoms with E-state index in [1.165, 1.54) is 12.1 Å². The predicted octanol–water partition coefficient (Wildman–Crippen LogP) is 1.51. The van der Waals surface area contributed by atoms with Gasteiger partial charge in [-0.1, -0.05) is 12.1 Å².